The van der Waals surface area contributed by atoms with Crippen molar-refractivity contribution in [2.24, 2.45) is 10.9 Å². The molecule has 0 aliphatic heterocycles. The lowest BCUT2D eigenvalue weighted by Crippen LogP contribution is -2.40. The Morgan fingerprint density at radius 2 is 1.91 bits per heavy atom. The third kappa shape index (κ3) is 6.85. The SMILES string of the molecule is CN=C(NCCOc1ccc(C(C)C)cc1)NCC1CC1.I. The quantitative estimate of drug-likeness (QED) is 0.310. The van der Waals surface area contributed by atoms with E-state index in [1.165, 1.54) is 18.4 Å². The first-order valence-corrected chi connectivity index (χ1v) is 7.86. The second-order valence-electron chi connectivity index (χ2n) is 5.90. The number of hydrogen-bond donors (Lipinski definition) is 2. The summed E-state index contributed by atoms with van der Waals surface area (Å²) in [5.41, 5.74) is 1.34. The van der Waals surface area contributed by atoms with E-state index in [0.29, 0.717) is 12.5 Å². The highest BCUT2D eigenvalue weighted by Crippen LogP contribution is 2.27. The Labute approximate surface area is 151 Å². The zero-order valence-electron chi connectivity index (χ0n) is 13.8. The maximum atomic E-state index is 5.73. The topological polar surface area (TPSA) is 45.7 Å². The zero-order valence-corrected chi connectivity index (χ0v) is 16.1. The highest BCUT2D eigenvalue weighted by atomic mass is 127. The molecule has 124 valence electrons. The van der Waals surface area contributed by atoms with Crippen molar-refractivity contribution >= 4 is 29.9 Å². The van der Waals surface area contributed by atoms with E-state index < -0.39 is 0 Å². The first-order chi connectivity index (χ1) is 10.2. The molecule has 2 rings (SSSR count). The van der Waals surface area contributed by atoms with Gasteiger partial charge in [-0.25, -0.2) is 0 Å². The Hall–Kier alpha value is -0.980. The Balaban J connectivity index is 0.00000242. The maximum Gasteiger partial charge on any atom is 0.191 e. The van der Waals surface area contributed by atoms with Crippen LogP contribution in [0.15, 0.2) is 29.3 Å². The van der Waals surface area contributed by atoms with Crippen LogP contribution in [-0.4, -0.2) is 32.7 Å². The minimum absolute atomic E-state index is 0. The van der Waals surface area contributed by atoms with E-state index in [9.17, 15) is 0 Å². The van der Waals surface area contributed by atoms with Gasteiger partial charge in [0, 0.05) is 13.6 Å². The van der Waals surface area contributed by atoms with Crippen molar-refractivity contribution in [1.82, 2.24) is 10.6 Å². The Bertz CT molecular complexity index is 455. The molecular weight excluding hydrogens is 389 g/mol. The van der Waals surface area contributed by atoms with Gasteiger partial charge in [0.15, 0.2) is 5.96 Å². The third-order valence-electron chi connectivity index (χ3n) is 3.69. The van der Waals surface area contributed by atoms with Crippen molar-refractivity contribution in [2.75, 3.05) is 26.7 Å². The van der Waals surface area contributed by atoms with Crippen molar-refractivity contribution in [2.45, 2.75) is 32.6 Å². The number of guanidine groups is 1. The van der Waals surface area contributed by atoms with Gasteiger partial charge in [0.1, 0.15) is 12.4 Å². The molecule has 0 aromatic heterocycles. The maximum absolute atomic E-state index is 5.73. The zero-order chi connectivity index (χ0) is 15.1. The van der Waals surface area contributed by atoms with Crippen LogP contribution in [0.2, 0.25) is 0 Å². The van der Waals surface area contributed by atoms with Crippen molar-refractivity contribution in [1.29, 1.82) is 0 Å². The molecule has 1 aromatic carbocycles. The van der Waals surface area contributed by atoms with Crippen LogP contribution in [0.5, 0.6) is 5.75 Å². The summed E-state index contributed by atoms with van der Waals surface area (Å²) in [5, 5.41) is 6.60. The van der Waals surface area contributed by atoms with E-state index in [-0.39, 0.29) is 24.0 Å². The fourth-order valence-corrected chi connectivity index (χ4v) is 2.07. The van der Waals surface area contributed by atoms with Gasteiger partial charge in [-0.15, -0.1) is 24.0 Å². The van der Waals surface area contributed by atoms with Crippen LogP contribution in [0.25, 0.3) is 0 Å². The first-order valence-electron chi connectivity index (χ1n) is 7.86. The van der Waals surface area contributed by atoms with Gasteiger partial charge in [-0.2, -0.15) is 0 Å². The summed E-state index contributed by atoms with van der Waals surface area (Å²) >= 11 is 0. The molecule has 0 heterocycles. The van der Waals surface area contributed by atoms with Gasteiger partial charge in [0.2, 0.25) is 0 Å². The molecule has 22 heavy (non-hydrogen) atoms. The molecule has 2 N–H and O–H groups in total. The fourth-order valence-electron chi connectivity index (χ4n) is 2.07. The largest absolute Gasteiger partial charge is 0.492 e. The number of halogens is 1. The second kappa shape index (κ2) is 9.92. The van der Waals surface area contributed by atoms with Gasteiger partial charge in [-0.1, -0.05) is 26.0 Å². The predicted octanol–water partition coefficient (Wildman–Crippen LogP) is 3.38. The number of nitrogens with one attached hydrogen (secondary N) is 2. The number of hydrogen-bond acceptors (Lipinski definition) is 2. The average Bonchev–Trinajstić information content (AvgIpc) is 3.31. The van der Waals surface area contributed by atoms with E-state index in [4.69, 9.17) is 4.74 Å². The minimum atomic E-state index is 0. The highest BCUT2D eigenvalue weighted by Gasteiger charge is 2.20. The second-order valence-corrected chi connectivity index (χ2v) is 5.90. The smallest absolute Gasteiger partial charge is 0.191 e. The third-order valence-corrected chi connectivity index (χ3v) is 3.69. The molecule has 0 atom stereocenters. The molecule has 1 fully saturated rings. The lowest BCUT2D eigenvalue weighted by atomic mass is 10.0. The number of ether oxygens (including phenoxy) is 1. The molecule has 1 saturated carbocycles. The number of benzene rings is 1. The summed E-state index contributed by atoms with van der Waals surface area (Å²) in [6, 6.07) is 8.33. The number of aliphatic imine (C=N–C) groups is 1. The lowest BCUT2D eigenvalue weighted by Gasteiger charge is -2.12. The summed E-state index contributed by atoms with van der Waals surface area (Å²) < 4.78 is 5.73. The van der Waals surface area contributed by atoms with Gasteiger partial charge < -0.3 is 15.4 Å². The van der Waals surface area contributed by atoms with Crippen LogP contribution in [0.4, 0.5) is 0 Å². The molecular formula is C17H28IN3O. The van der Waals surface area contributed by atoms with Crippen LogP contribution >= 0.6 is 24.0 Å². The molecule has 1 aromatic rings. The molecule has 5 heteroatoms. The van der Waals surface area contributed by atoms with Crippen molar-refractivity contribution in [3.63, 3.8) is 0 Å². The first kappa shape index (κ1) is 19.1. The van der Waals surface area contributed by atoms with Crippen LogP contribution in [-0.2, 0) is 0 Å². The summed E-state index contributed by atoms with van der Waals surface area (Å²) in [4.78, 5) is 4.20. The Morgan fingerprint density at radius 3 is 2.45 bits per heavy atom. The summed E-state index contributed by atoms with van der Waals surface area (Å²) in [7, 11) is 1.80. The monoisotopic (exact) mass is 417 g/mol. The normalized spacial score (nSPS) is 14.5. The van der Waals surface area contributed by atoms with Gasteiger partial charge in [0.05, 0.1) is 6.54 Å². The predicted molar refractivity (Wildman–Crippen MR) is 104 cm³/mol. The van der Waals surface area contributed by atoms with Crippen LogP contribution in [0.1, 0.15) is 38.2 Å². The molecule has 4 nitrogen and oxygen atoms in total. The molecule has 1 aliphatic rings. The molecule has 0 bridgehead atoms. The van der Waals surface area contributed by atoms with Crippen LogP contribution < -0.4 is 15.4 Å². The van der Waals surface area contributed by atoms with E-state index >= 15 is 0 Å². The van der Waals surface area contributed by atoms with E-state index in [0.717, 1.165) is 30.7 Å². The molecule has 0 radical (unpaired) electrons. The Morgan fingerprint density at radius 1 is 1.23 bits per heavy atom. The van der Waals surface area contributed by atoms with E-state index in [2.05, 4.69) is 41.6 Å². The highest BCUT2D eigenvalue weighted by molar-refractivity contribution is 14.0. The van der Waals surface area contributed by atoms with E-state index in [1.807, 2.05) is 12.1 Å². The molecule has 0 spiro atoms. The number of nitrogens with zero attached hydrogens (tertiary/aromatic N) is 1. The van der Waals surface area contributed by atoms with E-state index in [1.54, 1.807) is 7.05 Å². The summed E-state index contributed by atoms with van der Waals surface area (Å²) in [6.07, 6.45) is 2.69. The van der Waals surface area contributed by atoms with Gasteiger partial charge in [0.25, 0.3) is 0 Å². The standard InChI is InChI=1S/C17H27N3O.HI/c1-13(2)15-6-8-16(9-7-15)21-11-10-19-17(18-3)20-12-14-4-5-14;/h6-9,13-14H,4-5,10-12H2,1-3H3,(H2,18,19,20);1H. The van der Waals surface area contributed by atoms with Crippen molar-refractivity contribution in [3.05, 3.63) is 29.8 Å². The molecule has 0 amide bonds. The molecule has 0 unspecified atom stereocenters. The van der Waals surface area contributed by atoms with Crippen LogP contribution in [0.3, 0.4) is 0 Å². The average molecular weight is 417 g/mol. The lowest BCUT2D eigenvalue weighted by molar-refractivity contribution is 0.322. The van der Waals surface area contributed by atoms with Crippen molar-refractivity contribution in [3.8, 4) is 5.75 Å². The number of rotatable bonds is 7. The fraction of sp³-hybridized carbons (Fsp3) is 0.588. The minimum Gasteiger partial charge on any atom is -0.492 e. The Kier molecular flexibility index (Phi) is 8.60. The summed E-state index contributed by atoms with van der Waals surface area (Å²) in [5.74, 6) is 3.18. The van der Waals surface area contributed by atoms with Crippen molar-refractivity contribution < 1.29 is 4.74 Å². The van der Waals surface area contributed by atoms with Gasteiger partial charge >= 0.3 is 0 Å². The molecule has 0 saturated heterocycles. The molecule has 1 aliphatic carbocycles. The van der Waals surface area contributed by atoms with Gasteiger partial charge in [-0.3, -0.25) is 4.99 Å². The summed E-state index contributed by atoms with van der Waals surface area (Å²) in [6.45, 7) is 6.79. The van der Waals surface area contributed by atoms with Crippen LogP contribution in [0, 0.1) is 5.92 Å². The van der Waals surface area contributed by atoms with Gasteiger partial charge in [-0.05, 0) is 42.4 Å².